The summed E-state index contributed by atoms with van der Waals surface area (Å²) in [6.45, 7) is 5.19. The van der Waals surface area contributed by atoms with Crippen LogP contribution < -0.4 is 0 Å². The van der Waals surface area contributed by atoms with E-state index in [0.717, 1.165) is 5.56 Å². The van der Waals surface area contributed by atoms with Crippen LogP contribution in [0.3, 0.4) is 0 Å². The molecule has 2 amide bonds. The second-order valence-electron chi connectivity index (χ2n) is 7.71. The van der Waals surface area contributed by atoms with Crippen LogP contribution in [0.4, 0.5) is 4.39 Å². The van der Waals surface area contributed by atoms with Crippen molar-refractivity contribution >= 4 is 11.8 Å². The summed E-state index contributed by atoms with van der Waals surface area (Å²) in [5, 5.41) is 3.85. The molecule has 4 rings (SSSR count). The van der Waals surface area contributed by atoms with Gasteiger partial charge in [0.1, 0.15) is 5.82 Å². The Balaban J connectivity index is 1.38. The Morgan fingerprint density at radius 2 is 1.97 bits per heavy atom. The minimum atomic E-state index is -0.402. The molecule has 160 valence electrons. The Hall–Kier alpha value is -3.55. The van der Waals surface area contributed by atoms with Gasteiger partial charge in [0.2, 0.25) is 5.91 Å². The molecule has 2 heterocycles. The van der Waals surface area contributed by atoms with Crippen LogP contribution in [0.5, 0.6) is 0 Å². The van der Waals surface area contributed by atoms with Crippen molar-refractivity contribution in [2.75, 3.05) is 19.6 Å². The van der Waals surface area contributed by atoms with Crippen molar-refractivity contribution in [2.24, 2.45) is 0 Å². The summed E-state index contributed by atoms with van der Waals surface area (Å²) in [7, 11) is 0. The van der Waals surface area contributed by atoms with Crippen LogP contribution in [-0.2, 0) is 11.2 Å². The molecule has 2 aromatic carbocycles. The molecular weight excluding hydrogens is 399 g/mol. The Labute approximate surface area is 179 Å². The third-order valence-corrected chi connectivity index (χ3v) is 5.47. The summed E-state index contributed by atoms with van der Waals surface area (Å²) in [4.78, 5) is 33.4. The normalized spacial score (nSPS) is 16.4. The maximum Gasteiger partial charge on any atom is 0.258 e. The van der Waals surface area contributed by atoms with Crippen LogP contribution in [0, 0.1) is 12.7 Å². The number of rotatable bonds is 4. The van der Waals surface area contributed by atoms with Crippen molar-refractivity contribution < 1.29 is 18.5 Å². The average Bonchev–Trinajstić information content (AvgIpc) is 3.22. The third-order valence-electron chi connectivity index (χ3n) is 5.47. The van der Waals surface area contributed by atoms with Crippen molar-refractivity contribution in [3.63, 3.8) is 0 Å². The number of hydrogen-bond acceptors (Lipinski definition) is 5. The fourth-order valence-corrected chi connectivity index (χ4v) is 3.77. The number of piperazine rings is 1. The number of halogens is 1. The zero-order valence-corrected chi connectivity index (χ0v) is 17.4. The van der Waals surface area contributed by atoms with E-state index in [1.54, 1.807) is 17.0 Å². The predicted molar refractivity (Wildman–Crippen MR) is 112 cm³/mol. The number of carbonyl (C=O) groups is 2. The van der Waals surface area contributed by atoms with Gasteiger partial charge in [-0.2, -0.15) is 4.98 Å². The molecule has 8 heteroatoms. The van der Waals surface area contributed by atoms with E-state index in [0.29, 0.717) is 30.8 Å². The van der Waals surface area contributed by atoms with Crippen LogP contribution in [0.25, 0.3) is 11.5 Å². The number of nitrogens with zero attached hydrogens (tertiary/aromatic N) is 4. The zero-order valence-electron chi connectivity index (χ0n) is 17.4. The van der Waals surface area contributed by atoms with Crippen molar-refractivity contribution in [1.82, 2.24) is 19.9 Å². The average molecular weight is 422 g/mol. The third kappa shape index (κ3) is 4.47. The number of aromatic nitrogens is 2. The SMILES string of the molecule is Cc1ccccc1C(=O)N1CCN(C(=O)Cc2noc(-c3cccc(F)c3)n2)CC1C. The van der Waals surface area contributed by atoms with Crippen LogP contribution in [0.15, 0.2) is 53.1 Å². The number of aryl methyl sites for hydroxylation is 1. The Morgan fingerprint density at radius 1 is 1.16 bits per heavy atom. The smallest absolute Gasteiger partial charge is 0.258 e. The van der Waals surface area contributed by atoms with E-state index in [-0.39, 0.29) is 36.0 Å². The van der Waals surface area contributed by atoms with E-state index < -0.39 is 5.82 Å². The highest BCUT2D eigenvalue weighted by atomic mass is 19.1. The fraction of sp³-hybridized carbons (Fsp3) is 0.304. The van der Waals surface area contributed by atoms with Gasteiger partial charge in [-0.15, -0.1) is 0 Å². The highest BCUT2D eigenvalue weighted by molar-refractivity contribution is 5.96. The summed E-state index contributed by atoms with van der Waals surface area (Å²) in [5.74, 6) is -0.142. The molecule has 1 aliphatic rings. The van der Waals surface area contributed by atoms with E-state index in [9.17, 15) is 14.0 Å². The zero-order chi connectivity index (χ0) is 22.0. The van der Waals surface area contributed by atoms with Crippen molar-refractivity contribution in [3.05, 3.63) is 71.3 Å². The molecule has 0 saturated carbocycles. The van der Waals surface area contributed by atoms with Crippen LogP contribution in [-0.4, -0.2) is 57.4 Å². The van der Waals surface area contributed by atoms with Gasteiger partial charge in [-0.25, -0.2) is 4.39 Å². The monoisotopic (exact) mass is 422 g/mol. The standard InChI is InChI=1S/C23H23FN4O3/c1-15-6-3-4-9-19(15)23(30)28-11-10-27(14-16(28)2)21(29)13-20-25-22(31-26-20)17-7-5-8-18(24)12-17/h3-9,12,16H,10-11,13-14H2,1-2H3. The van der Waals surface area contributed by atoms with Gasteiger partial charge in [0.25, 0.3) is 11.8 Å². The maximum absolute atomic E-state index is 13.4. The first-order chi connectivity index (χ1) is 14.9. The van der Waals surface area contributed by atoms with Crippen molar-refractivity contribution in [3.8, 4) is 11.5 Å². The highest BCUT2D eigenvalue weighted by Gasteiger charge is 2.31. The lowest BCUT2D eigenvalue weighted by Crippen LogP contribution is -2.55. The van der Waals surface area contributed by atoms with Gasteiger partial charge < -0.3 is 14.3 Å². The molecule has 7 nitrogen and oxygen atoms in total. The lowest BCUT2D eigenvalue weighted by molar-refractivity contribution is -0.133. The molecule has 0 N–H and O–H groups in total. The van der Waals surface area contributed by atoms with Gasteiger partial charge in [0.15, 0.2) is 5.82 Å². The van der Waals surface area contributed by atoms with E-state index in [1.807, 2.05) is 43.0 Å². The first-order valence-electron chi connectivity index (χ1n) is 10.2. The van der Waals surface area contributed by atoms with Crippen LogP contribution in [0.1, 0.15) is 28.7 Å². The maximum atomic E-state index is 13.4. The first-order valence-corrected chi connectivity index (χ1v) is 10.2. The quantitative estimate of drug-likeness (QED) is 0.646. The molecule has 1 aliphatic heterocycles. The van der Waals surface area contributed by atoms with Crippen LogP contribution in [0.2, 0.25) is 0 Å². The fourth-order valence-electron chi connectivity index (χ4n) is 3.77. The topological polar surface area (TPSA) is 79.5 Å². The molecule has 0 spiro atoms. The molecule has 0 radical (unpaired) electrons. The minimum absolute atomic E-state index is 0.0166. The molecular formula is C23H23FN4O3. The van der Waals surface area contributed by atoms with Gasteiger partial charge in [-0.05, 0) is 43.7 Å². The van der Waals surface area contributed by atoms with Crippen LogP contribution >= 0.6 is 0 Å². The molecule has 1 unspecified atom stereocenters. The number of benzene rings is 2. The Morgan fingerprint density at radius 3 is 2.71 bits per heavy atom. The second-order valence-corrected chi connectivity index (χ2v) is 7.71. The summed E-state index contributed by atoms with van der Waals surface area (Å²) in [6.07, 6.45) is -0.0166. The van der Waals surface area contributed by atoms with Crippen molar-refractivity contribution in [1.29, 1.82) is 0 Å². The van der Waals surface area contributed by atoms with Crippen molar-refractivity contribution in [2.45, 2.75) is 26.3 Å². The highest BCUT2D eigenvalue weighted by Crippen LogP contribution is 2.20. The summed E-state index contributed by atoms with van der Waals surface area (Å²) >= 11 is 0. The number of amides is 2. The molecule has 0 bridgehead atoms. The lowest BCUT2D eigenvalue weighted by atomic mass is 10.1. The van der Waals surface area contributed by atoms with E-state index >= 15 is 0 Å². The molecule has 3 aromatic rings. The summed E-state index contributed by atoms with van der Waals surface area (Å²) in [6, 6.07) is 13.2. The van der Waals surface area contributed by atoms with Gasteiger partial charge >= 0.3 is 0 Å². The minimum Gasteiger partial charge on any atom is -0.338 e. The molecule has 1 fully saturated rings. The first kappa shape index (κ1) is 20.7. The lowest BCUT2D eigenvalue weighted by Gasteiger charge is -2.40. The van der Waals surface area contributed by atoms with Gasteiger partial charge in [-0.1, -0.05) is 29.4 Å². The summed E-state index contributed by atoms with van der Waals surface area (Å²) < 4.78 is 18.6. The Kier molecular flexibility index (Phi) is 5.79. The number of hydrogen-bond donors (Lipinski definition) is 0. The van der Waals surface area contributed by atoms with E-state index in [1.165, 1.54) is 12.1 Å². The largest absolute Gasteiger partial charge is 0.338 e. The molecule has 0 aliphatic carbocycles. The predicted octanol–water partition coefficient (Wildman–Crippen LogP) is 3.10. The van der Waals surface area contributed by atoms with Gasteiger partial charge in [0.05, 0.1) is 6.42 Å². The van der Waals surface area contributed by atoms with Gasteiger partial charge in [-0.3, -0.25) is 9.59 Å². The Bertz CT molecular complexity index is 1110. The molecule has 1 saturated heterocycles. The van der Waals surface area contributed by atoms with Gasteiger partial charge in [0, 0.05) is 36.8 Å². The van der Waals surface area contributed by atoms with E-state index in [2.05, 4.69) is 10.1 Å². The molecule has 1 atom stereocenters. The second kappa shape index (κ2) is 8.67. The van der Waals surface area contributed by atoms with E-state index in [4.69, 9.17) is 4.52 Å². The molecule has 31 heavy (non-hydrogen) atoms. The molecule has 1 aromatic heterocycles. The summed E-state index contributed by atoms with van der Waals surface area (Å²) in [5.41, 5.74) is 2.08. The number of carbonyl (C=O) groups excluding carboxylic acids is 2.